The van der Waals surface area contributed by atoms with Gasteiger partial charge in [0.05, 0.1) is 26.1 Å². The summed E-state index contributed by atoms with van der Waals surface area (Å²) in [6, 6.07) is 27.4. The second-order valence-corrected chi connectivity index (χ2v) is 12.1. The fourth-order valence-electron chi connectivity index (χ4n) is 5.80. The first-order chi connectivity index (χ1) is 23.4. The molecule has 4 aromatic carbocycles. The molecule has 0 fully saturated rings. The van der Waals surface area contributed by atoms with Crippen LogP contribution < -0.4 is 29.7 Å². The Labute approximate surface area is 285 Å². The first-order valence-corrected chi connectivity index (χ1v) is 16.8. The summed E-state index contributed by atoms with van der Waals surface area (Å²) in [5.41, 5.74) is 6.12. The van der Waals surface area contributed by atoms with Crippen molar-refractivity contribution in [3.63, 3.8) is 0 Å². The van der Waals surface area contributed by atoms with Crippen molar-refractivity contribution in [2.24, 2.45) is 0 Å². The van der Waals surface area contributed by atoms with E-state index in [4.69, 9.17) is 14.2 Å². The summed E-state index contributed by atoms with van der Waals surface area (Å²) in [5, 5.41) is 6.20. The molecular weight excluding hydrogens is 631 g/mol. The molecule has 0 unspecified atom stereocenters. The molecule has 11 heteroatoms. The third kappa shape index (κ3) is 8.59. The van der Waals surface area contributed by atoms with Crippen LogP contribution in [-0.4, -0.2) is 58.3 Å². The van der Waals surface area contributed by atoms with Crippen LogP contribution in [0.15, 0.2) is 91.0 Å². The van der Waals surface area contributed by atoms with E-state index >= 15 is 0 Å². The highest BCUT2D eigenvalue weighted by atomic mass is 32.2. The van der Waals surface area contributed by atoms with Crippen LogP contribution in [0.25, 0.3) is 11.1 Å². The maximum atomic E-state index is 13.7. The third-order valence-corrected chi connectivity index (χ3v) is 9.04. The third-order valence-electron chi connectivity index (χ3n) is 8.35. The van der Waals surface area contributed by atoms with E-state index in [1.807, 2.05) is 24.3 Å². The van der Waals surface area contributed by atoms with Crippen LogP contribution in [0, 0.1) is 5.82 Å². The summed E-state index contributed by atoms with van der Waals surface area (Å²) in [6.45, 7) is 0.677. The second-order valence-electron chi connectivity index (χ2n) is 11.3. The summed E-state index contributed by atoms with van der Waals surface area (Å²) >= 11 is 1.37. The first-order valence-electron chi connectivity index (χ1n) is 15.8. The van der Waals surface area contributed by atoms with Gasteiger partial charge in [0.2, 0.25) is 5.91 Å². The molecule has 2 amide bonds. The maximum Gasteiger partial charge on any atom is 0.407 e. The quantitative estimate of drug-likeness (QED) is 0.0654. The average Bonchev–Trinajstić information content (AvgIpc) is 3.44. The van der Waals surface area contributed by atoms with Gasteiger partial charge in [-0.15, -0.1) is 0 Å². The van der Waals surface area contributed by atoms with Crippen molar-refractivity contribution in [1.29, 1.82) is 0 Å². The van der Waals surface area contributed by atoms with Crippen LogP contribution in [0.5, 0.6) is 11.5 Å². The number of fused-ring (bicyclic) bond motifs is 3. The molecule has 0 spiro atoms. The van der Waals surface area contributed by atoms with Crippen molar-refractivity contribution < 1.29 is 28.2 Å². The van der Waals surface area contributed by atoms with E-state index in [0.717, 1.165) is 5.69 Å². The lowest BCUT2D eigenvalue weighted by atomic mass is 9.98. The van der Waals surface area contributed by atoms with E-state index in [1.54, 1.807) is 56.5 Å². The van der Waals surface area contributed by atoms with Gasteiger partial charge < -0.3 is 29.1 Å². The van der Waals surface area contributed by atoms with E-state index < -0.39 is 12.1 Å². The van der Waals surface area contributed by atoms with Crippen molar-refractivity contribution in [2.45, 2.75) is 31.2 Å². The van der Waals surface area contributed by atoms with E-state index in [2.05, 4.69) is 39.6 Å². The van der Waals surface area contributed by atoms with Crippen LogP contribution in [0.1, 0.15) is 36.3 Å². The highest BCUT2D eigenvalue weighted by molar-refractivity contribution is 8.00. The lowest BCUT2D eigenvalue weighted by Gasteiger charge is -2.25. The summed E-state index contributed by atoms with van der Waals surface area (Å²) in [7, 11) is 4.84. The van der Waals surface area contributed by atoms with Gasteiger partial charge in [0.1, 0.15) is 12.4 Å². The number of likely N-dealkylation sites (N-methyl/N-ethyl adjacent to an activating group) is 1. The largest absolute Gasteiger partial charge is 0.493 e. The van der Waals surface area contributed by atoms with Gasteiger partial charge in [0.15, 0.2) is 11.5 Å². The van der Waals surface area contributed by atoms with Gasteiger partial charge >= 0.3 is 6.09 Å². The van der Waals surface area contributed by atoms with Gasteiger partial charge in [0, 0.05) is 37.0 Å². The van der Waals surface area contributed by atoms with Crippen LogP contribution in [0.3, 0.4) is 0 Å². The Morgan fingerprint density at radius 1 is 0.875 bits per heavy atom. The molecule has 0 saturated carbocycles. The smallest absolute Gasteiger partial charge is 0.407 e. The highest BCUT2D eigenvalue weighted by Crippen LogP contribution is 2.44. The fraction of sp³-hybridized carbons (Fsp3) is 0.297. The highest BCUT2D eigenvalue weighted by Gasteiger charge is 2.29. The zero-order valence-electron chi connectivity index (χ0n) is 27.3. The summed E-state index contributed by atoms with van der Waals surface area (Å²) in [6.07, 6.45) is 1.43. The number of nitrogens with one attached hydrogen (secondary N) is 3. The molecule has 1 aliphatic carbocycles. The predicted octanol–water partition coefficient (Wildman–Crippen LogP) is 7.19. The van der Waals surface area contributed by atoms with Gasteiger partial charge in [-0.1, -0.05) is 48.5 Å². The zero-order chi connectivity index (χ0) is 33.9. The Morgan fingerprint density at radius 3 is 2.21 bits per heavy atom. The number of hydrogen-bond acceptors (Lipinski definition) is 8. The number of carbonyl (C=O) groups is 2. The van der Waals surface area contributed by atoms with Crippen molar-refractivity contribution in [3.8, 4) is 22.6 Å². The van der Waals surface area contributed by atoms with Gasteiger partial charge in [-0.3, -0.25) is 10.1 Å². The Kier molecular flexibility index (Phi) is 12.2. The molecule has 252 valence electrons. The number of alkyl carbamates (subject to hydrolysis) is 1. The molecule has 0 radical (unpaired) electrons. The number of hydrogen-bond donors (Lipinski definition) is 3. The number of ether oxygens (including phenoxy) is 3. The fourth-order valence-corrected chi connectivity index (χ4v) is 6.46. The average molecular weight is 673 g/mol. The summed E-state index contributed by atoms with van der Waals surface area (Å²) < 4.78 is 32.8. The van der Waals surface area contributed by atoms with Gasteiger partial charge in [-0.05, 0) is 89.9 Å². The summed E-state index contributed by atoms with van der Waals surface area (Å²) in [4.78, 5) is 27.9. The molecule has 3 N–H and O–H groups in total. The summed E-state index contributed by atoms with van der Waals surface area (Å²) in [5.74, 6) is 1.10. The maximum absolute atomic E-state index is 13.7. The lowest BCUT2D eigenvalue weighted by molar-refractivity contribution is -0.120. The normalized spacial score (nSPS) is 12.4. The Hall–Kier alpha value is -4.74. The Morgan fingerprint density at radius 2 is 1.54 bits per heavy atom. The molecule has 0 bridgehead atoms. The number of halogens is 1. The molecule has 0 saturated heterocycles. The number of rotatable bonds is 16. The zero-order valence-corrected chi connectivity index (χ0v) is 28.1. The van der Waals surface area contributed by atoms with Crippen LogP contribution >= 0.6 is 11.9 Å². The van der Waals surface area contributed by atoms with Crippen LogP contribution in [0.4, 0.5) is 20.6 Å². The lowest BCUT2D eigenvalue weighted by Crippen LogP contribution is -2.45. The standard InChI is InChI=1S/C37H41FN4O5S/c1-42(27-19-20-34(45-2)35(22-27)46-3)36(43)33(40-24-48-41-26-17-15-25(38)16-18-26)14-8-9-21-39-37(44)47-23-32-30-12-6-4-10-28(30)29-11-5-7-13-31(29)32/h4-7,10-13,15-20,22,32-33,40-41H,8-9,14,21,23-24H2,1-3H3,(H,39,44)/t33-/m0/s1. The molecule has 48 heavy (non-hydrogen) atoms. The molecule has 1 atom stereocenters. The number of carbonyl (C=O) groups excluding carboxylic acids is 2. The molecule has 9 nitrogen and oxygen atoms in total. The molecule has 0 heterocycles. The van der Waals surface area contributed by atoms with Gasteiger partial charge in [-0.25, -0.2) is 9.18 Å². The van der Waals surface area contributed by atoms with Crippen molar-refractivity contribution >= 4 is 35.3 Å². The van der Waals surface area contributed by atoms with Crippen molar-refractivity contribution in [2.75, 3.05) is 49.9 Å². The molecule has 0 aromatic heterocycles. The van der Waals surface area contributed by atoms with E-state index in [-0.39, 0.29) is 24.2 Å². The minimum absolute atomic E-state index is 0.000860. The monoisotopic (exact) mass is 672 g/mol. The number of methoxy groups -OCH3 is 2. The topological polar surface area (TPSA) is 101 Å². The SMILES string of the molecule is COc1ccc(N(C)C(=O)[C@H](CCCCNC(=O)OCC2c3ccccc3-c3ccccc32)NCSNc2ccc(F)cc2)cc1OC. The minimum Gasteiger partial charge on any atom is -0.493 e. The molecule has 4 aromatic rings. The van der Waals surface area contributed by atoms with Gasteiger partial charge in [-0.2, -0.15) is 0 Å². The van der Waals surface area contributed by atoms with Gasteiger partial charge in [0.25, 0.3) is 0 Å². The second kappa shape index (κ2) is 16.9. The Balaban J connectivity index is 1.12. The van der Waals surface area contributed by atoms with Crippen molar-refractivity contribution in [3.05, 3.63) is 108 Å². The first kappa shape index (κ1) is 34.6. The van der Waals surface area contributed by atoms with Crippen LogP contribution in [-0.2, 0) is 9.53 Å². The number of amides is 2. The Bertz CT molecular complexity index is 1640. The van der Waals surface area contributed by atoms with E-state index in [0.29, 0.717) is 48.9 Å². The minimum atomic E-state index is -0.500. The number of benzene rings is 4. The number of unbranched alkanes of at least 4 members (excludes halogenated alkanes) is 1. The molecule has 0 aliphatic heterocycles. The molecule has 5 rings (SSSR count). The number of anilines is 2. The van der Waals surface area contributed by atoms with E-state index in [1.165, 1.54) is 46.3 Å². The molecule has 1 aliphatic rings. The van der Waals surface area contributed by atoms with E-state index in [9.17, 15) is 14.0 Å². The van der Waals surface area contributed by atoms with Crippen LogP contribution in [0.2, 0.25) is 0 Å². The van der Waals surface area contributed by atoms with Crippen molar-refractivity contribution in [1.82, 2.24) is 10.6 Å². The molecular formula is C37H41FN4O5S. The predicted molar refractivity (Wildman–Crippen MR) is 189 cm³/mol. The number of nitrogens with zero attached hydrogens (tertiary/aromatic N) is 1.